The summed E-state index contributed by atoms with van der Waals surface area (Å²) in [6.07, 6.45) is 8.67. The molecule has 3 nitrogen and oxygen atoms in total. The second-order valence-electron chi connectivity index (χ2n) is 8.25. The molecule has 4 unspecified atom stereocenters. The van der Waals surface area contributed by atoms with Crippen LogP contribution in [-0.4, -0.2) is 71.6 Å². The zero-order chi connectivity index (χ0) is 14.4. The van der Waals surface area contributed by atoms with Crippen molar-refractivity contribution >= 4 is 0 Å². The predicted octanol–water partition coefficient (Wildman–Crippen LogP) is 2.42. The van der Waals surface area contributed by atoms with Gasteiger partial charge in [-0.15, -0.1) is 0 Å². The van der Waals surface area contributed by atoms with Crippen LogP contribution < -0.4 is 0 Å². The third-order valence-electron chi connectivity index (χ3n) is 6.78. The SMILES string of the molecule is CC(C)C1CN2CCCCC2CN1C1CCN2CCCC12. The highest BCUT2D eigenvalue weighted by Crippen LogP contribution is 2.36. The zero-order valence-electron chi connectivity index (χ0n) is 14.0. The average Bonchev–Trinajstić information content (AvgIpc) is 3.08. The van der Waals surface area contributed by atoms with Crippen LogP contribution in [-0.2, 0) is 0 Å². The van der Waals surface area contributed by atoms with Gasteiger partial charge in [-0.25, -0.2) is 0 Å². The highest BCUT2D eigenvalue weighted by atomic mass is 15.4. The van der Waals surface area contributed by atoms with Crippen molar-refractivity contribution < 1.29 is 0 Å². The summed E-state index contributed by atoms with van der Waals surface area (Å²) in [5, 5.41) is 0. The van der Waals surface area contributed by atoms with E-state index in [1.807, 2.05) is 0 Å². The molecule has 21 heavy (non-hydrogen) atoms. The highest BCUT2D eigenvalue weighted by Gasteiger charge is 2.46. The van der Waals surface area contributed by atoms with E-state index in [9.17, 15) is 0 Å². The first kappa shape index (κ1) is 14.5. The largest absolute Gasteiger partial charge is 0.299 e. The third kappa shape index (κ3) is 2.55. The minimum Gasteiger partial charge on any atom is -0.299 e. The van der Waals surface area contributed by atoms with E-state index in [0.29, 0.717) is 0 Å². The molecule has 0 aliphatic carbocycles. The van der Waals surface area contributed by atoms with Gasteiger partial charge < -0.3 is 0 Å². The van der Waals surface area contributed by atoms with Crippen LogP contribution in [0, 0.1) is 5.92 Å². The second-order valence-corrected chi connectivity index (χ2v) is 8.25. The second kappa shape index (κ2) is 5.82. The maximum atomic E-state index is 2.98. The van der Waals surface area contributed by atoms with Crippen LogP contribution >= 0.6 is 0 Å². The van der Waals surface area contributed by atoms with Gasteiger partial charge in [-0.1, -0.05) is 20.3 Å². The summed E-state index contributed by atoms with van der Waals surface area (Å²) < 4.78 is 0. The first-order chi connectivity index (χ1) is 10.2. The lowest BCUT2D eigenvalue weighted by Gasteiger charge is -2.52. The van der Waals surface area contributed by atoms with E-state index in [-0.39, 0.29) is 0 Å². The maximum Gasteiger partial charge on any atom is 0.0268 e. The summed E-state index contributed by atoms with van der Waals surface area (Å²) in [6.45, 7) is 11.7. The number of rotatable bonds is 2. The van der Waals surface area contributed by atoms with Crippen molar-refractivity contribution in [3.63, 3.8) is 0 Å². The van der Waals surface area contributed by atoms with E-state index in [2.05, 4.69) is 28.5 Å². The molecule has 0 amide bonds. The Morgan fingerprint density at radius 2 is 1.62 bits per heavy atom. The van der Waals surface area contributed by atoms with Gasteiger partial charge >= 0.3 is 0 Å². The highest BCUT2D eigenvalue weighted by molar-refractivity contribution is 5.02. The number of piperidine rings is 1. The summed E-state index contributed by atoms with van der Waals surface area (Å²) in [5.74, 6) is 0.795. The Labute approximate surface area is 130 Å². The number of fused-ring (bicyclic) bond motifs is 2. The summed E-state index contributed by atoms with van der Waals surface area (Å²) in [6, 6.07) is 3.42. The van der Waals surface area contributed by atoms with Crippen molar-refractivity contribution in [1.29, 1.82) is 0 Å². The van der Waals surface area contributed by atoms with Gasteiger partial charge in [-0.2, -0.15) is 0 Å². The third-order valence-corrected chi connectivity index (χ3v) is 6.78. The molecule has 0 saturated carbocycles. The number of hydrogen-bond acceptors (Lipinski definition) is 3. The minimum absolute atomic E-state index is 0.795. The van der Waals surface area contributed by atoms with E-state index in [4.69, 9.17) is 0 Å². The van der Waals surface area contributed by atoms with Crippen molar-refractivity contribution in [2.75, 3.05) is 32.7 Å². The molecule has 4 aliphatic heterocycles. The van der Waals surface area contributed by atoms with Crippen LogP contribution in [0.25, 0.3) is 0 Å². The molecule has 4 rings (SSSR count). The smallest absolute Gasteiger partial charge is 0.0268 e. The first-order valence-electron chi connectivity index (χ1n) is 9.48. The van der Waals surface area contributed by atoms with Crippen LogP contribution in [0.15, 0.2) is 0 Å². The molecule has 4 aliphatic rings. The van der Waals surface area contributed by atoms with E-state index in [1.165, 1.54) is 71.2 Å². The molecule has 0 N–H and O–H groups in total. The van der Waals surface area contributed by atoms with Crippen LogP contribution in [0.4, 0.5) is 0 Å². The molecule has 4 fully saturated rings. The summed E-state index contributed by atoms with van der Waals surface area (Å²) in [5.41, 5.74) is 0. The molecule has 4 heterocycles. The lowest BCUT2D eigenvalue weighted by molar-refractivity contribution is -0.0350. The van der Waals surface area contributed by atoms with E-state index in [1.54, 1.807) is 0 Å². The Morgan fingerprint density at radius 3 is 2.48 bits per heavy atom. The molecular weight excluding hydrogens is 258 g/mol. The molecule has 0 spiro atoms. The zero-order valence-corrected chi connectivity index (χ0v) is 14.0. The number of piperazine rings is 1. The van der Waals surface area contributed by atoms with Crippen molar-refractivity contribution in [2.24, 2.45) is 5.92 Å². The van der Waals surface area contributed by atoms with Gasteiger partial charge in [0.05, 0.1) is 0 Å². The van der Waals surface area contributed by atoms with Crippen LogP contribution in [0.3, 0.4) is 0 Å². The Morgan fingerprint density at radius 1 is 0.762 bits per heavy atom. The average molecular weight is 291 g/mol. The lowest BCUT2D eigenvalue weighted by Crippen LogP contribution is -2.64. The van der Waals surface area contributed by atoms with Gasteiger partial charge in [-0.3, -0.25) is 14.7 Å². The molecule has 0 radical (unpaired) electrons. The normalized spacial score (nSPS) is 42.4. The molecule has 0 aromatic heterocycles. The molecule has 0 aromatic rings. The van der Waals surface area contributed by atoms with E-state index in [0.717, 1.165) is 30.1 Å². The first-order valence-corrected chi connectivity index (χ1v) is 9.48. The molecule has 120 valence electrons. The van der Waals surface area contributed by atoms with Crippen LogP contribution in [0.1, 0.15) is 52.4 Å². The maximum absolute atomic E-state index is 2.98. The Balaban J connectivity index is 1.53. The standard InChI is InChI=1S/C18H33N3/c1-14(2)18-13-20-9-4-3-6-15(20)12-21(18)17-8-11-19-10-5-7-16(17)19/h14-18H,3-13H2,1-2H3. The van der Waals surface area contributed by atoms with Gasteiger partial charge in [-0.05, 0) is 51.1 Å². The fourth-order valence-electron chi connectivity index (χ4n) is 5.65. The van der Waals surface area contributed by atoms with Crippen molar-refractivity contribution in [1.82, 2.24) is 14.7 Å². The van der Waals surface area contributed by atoms with E-state index >= 15 is 0 Å². The Bertz CT molecular complexity index is 369. The lowest BCUT2D eigenvalue weighted by atomic mass is 9.89. The van der Waals surface area contributed by atoms with Gasteiger partial charge in [0, 0.05) is 43.8 Å². The number of hydrogen-bond donors (Lipinski definition) is 0. The molecule has 4 saturated heterocycles. The van der Waals surface area contributed by atoms with Gasteiger partial charge in [0.2, 0.25) is 0 Å². The van der Waals surface area contributed by atoms with Crippen LogP contribution in [0.5, 0.6) is 0 Å². The summed E-state index contributed by atoms with van der Waals surface area (Å²) >= 11 is 0. The van der Waals surface area contributed by atoms with E-state index < -0.39 is 0 Å². The molecule has 0 aromatic carbocycles. The van der Waals surface area contributed by atoms with Crippen LogP contribution in [0.2, 0.25) is 0 Å². The predicted molar refractivity (Wildman–Crippen MR) is 87.5 cm³/mol. The fourth-order valence-corrected chi connectivity index (χ4v) is 5.65. The van der Waals surface area contributed by atoms with Crippen molar-refractivity contribution in [2.45, 2.75) is 76.5 Å². The van der Waals surface area contributed by atoms with Gasteiger partial charge in [0.15, 0.2) is 0 Å². The Hall–Kier alpha value is -0.120. The molecule has 0 bridgehead atoms. The number of nitrogens with zero attached hydrogens (tertiary/aromatic N) is 3. The molecule has 4 atom stereocenters. The topological polar surface area (TPSA) is 9.72 Å². The minimum atomic E-state index is 0.795. The van der Waals surface area contributed by atoms with Gasteiger partial charge in [0.25, 0.3) is 0 Å². The fraction of sp³-hybridized carbons (Fsp3) is 1.00. The molecule has 3 heteroatoms. The van der Waals surface area contributed by atoms with Crippen molar-refractivity contribution in [3.05, 3.63) is 0 Å². The summed E-state index contributed by atoms with van der Waals surface area (Å²) in [4.78, 5) is 8.59. The monoisotopic (exact) mass is 291 g/mol. The Kier molecular flexibility index (Phi) is 4.01. The van der Waals surface area contributed by atoms with Crippen molar-refractivity contribution in [3.8, 4) is 0 Å². The van der Waals surface area contributed by atoms with Gasteiger partial charge in [0.1, 0.15) is 0 Å². The molecular formula is C18H33N3. The quantitative estimate of drug-likeness (QED) is 0.773. The summed E-state index contributed by atoms with van der Waals surface area (Å²) in [7, 11) is 0.